The van der Waals surface area contributed by atoms with Crippen LogP contribution in [0.15, 0.2) is 54.7 Å². The van der Waals surface area contributed by atoms with Gasteiger partial charge in [0.15, 0.2) is 6.61 Å². The standard InChI is InChI=1S/C21H22FNO3S/c1-4-25-20(24)12-26-18-9-10-19(14(2)11-18)23-15(3)13-27-21(23)16-5-7-17(22)8-6-16/h5-11,21H,3-4,12-13H2,1-2H3. The zero-order valence-electron chi connectivity index (χ0n) is 15.4. The van der Waals surface area contributed by atoms with Crippen LogP contribution in [0.25, 0.3) is 0 Å². The van der Waals surface area contributed by atoms with Crippen LogP contribution in [0.2, 0.25) is 0 Å². The number of carbonyl (C=O) groups excluding carboxylic acids is 1. The van der Waals surface area contributed by atoms with Crippen molar-refractivity contribution in [2.45, 2.75) is 19.2 Å². The lowest BCUT2D eigenvalue weighted by Gasteiger charge is -2.28. The number of halogens is 1. The summed E-state index contributed by atoms with van der Waals surface area (Å²) in [6.07, 6.45) is 0. The zero-order valence-corrected chi connectivity index (χ0v) is 16.2. The molecule has 2 aromatic carbocycles. The molecule has 142 valence electrons. The summed E-state index contributed by atoms with van der Waals surface area (Å²) in [4.78, 5) is 13.6. The van der Waals surface area contributed by atoms with Crippen LogP contribution in [0.1, 0.15) is 23.4 Å². The maximum Gasteiger partial charge on any atom is 0.344 e. The molecule has 2 aromatic rings. The number of hydrogen-bond acceptors (Lipinski definition) is 5. The second-order valence-electron chi connectivity index (χ2n) is 6.19. The second kappa shape index (κ2) is 8.48. The largest absolute Gasteiger partial charge is 0.482 e. The lowest BCUT2D eigenvalue weighted by Crippen LogP contribution is -2.21. The minimum Gasteiger partial charge on any atom is -0.482 e. The SMILES string of the molecule is C=C1CSC(c2ccc(F)cc2)N1c1ccc(OCC(=O)OCC)cc1C. The minimum absolute atomic E-state index is 0.0445. The van der Waals surface area contributed by atoms with Crippen LogP contribution in [-0.2, 0) is 9.53 Å². The van der Waals surface area contributed by atoms with E-state index in [0.29, 0.717) is 12.4 Å². The summed E-state index contributed by atoms with van der Waals surface area (Å²) >= 11 is 1.76. The van der Waals surface area contributed by atoms with Gasteiger partial charge in [-0.15, -0.1) is 11.8 Å². The van der Waals surface area contributed by atoms with E-state index in [1.165, 1.54) is 12.1 Å². The van der Waals surface area contributed by atoms with Gasteiger partial charge in [0.1, 0.15) is 16.9 Å². The molecule has 0 amide bonds. The molecule has 0 aromatic heterocycles. The number of aryl methyl sites for hydroxylation is 1. The fraction of sp³-hybridized carbons (Fsp3) is 0.286. The predicted molar refractivity (Wildman–Crippen MR) is 107 cm³/mol. The van der Waals surface area contributed by atoms with Crippen LogP contribution in [-0.4, -0.2) is 24.9 Å². The second-order valence-corrected chi connectivity index (χ2v) is 7.26. The summed E-state index contributed by atoms with van der Waals surface area (Å²) in [6, 6.07) is 12.3. The summed E-state index contributed by atoms with van der Waals surface area (Å²) in [7, 11) is 0. The Hall–Kier alpha value is -2.47. The number of hydrogen-bond donors (Lipinski definition) is 0. The van der Waals surface area contributed by atoms with Gasteiger partial charge in [-0.2, -0.15) is 0 Å². The summed E-state index contributed by atoms with van der Waals surface area (Å²) in [6.45, 7) is 8.16. The number of benzene rings is 2. The summed E-state index contributed by atoms with van der Waals surface area (Å²) in [5.41, 5.74) is 4.05. The number of rotatable bonds is 6. The van der Waals surface area contributed by atoms with Crippen LogP contribution >= 0.6 is 11.8 Å². The van der Waals surface area contributed by atoms with Gasteiger partial charge in [-0.1, -0.05) is 18.7 Å². The first-order valence-corrected chi connectivity index (χ1v) is 9.77. The highest BCUT2D eigenvalue weighted by molar-refractivity contribution is 8.00. The Bertz CT molecular complexity index is 838. The molecule has 1 atom stereocenters. The van der Waals surface area contributed by atoms with Crippen molar-refractivity contribution < 1.29 is 18.7 Å². The molecule has 0 aliphatic carbocycles. The molecule has 1 saturated heterocycles. The Balaban J connectivity index is 1.80. The Morgan fingerprint density at radius 1 is 1.30 bits per heavy atom. The molecule has 1 aliphatic rings. The third-order valence-electron chi connectivity index (χ3n) is 4.23. The molecule has 27 heavy (non-hydrogen) atoms. The van der Waals surface area contributed by atoms with Crippen LogP contribution < -0.4 is 9.64 Å². The van der Waals surface area contributed by atoms with Crippen molar-refractivity contribution in [1.29, 1.82) is 0 Å². The van der Waals surface area contributed by atoms with E-state index < -0.39 is 0 Å². The zero-order chi connectivity index (χ0) is 19.4. The quantitative estimate of drug-likeness (QED) is 0.663. The normalized spacial score (nSPS) is 16.5. The van der Waals surface area contributed by atoms with E-state index in [2.05, 4.69) is 11.5 Å². The number of esters is 1. The molecule has 1 heterocycles. The van der Waals surface area contributed by atoms with Crippen molar-refractivity contribution >= 4 is 23.4 Å². The lowest BCUT2D eigenvalue weighted by atomic mass is 10.1. The molecular formula is C21H22FNO3S. The van der Waals surface area contributed by atoms with Gasteiger partial charge >= 0.3 is 5.97 Å². The van der Waals surface area contributed by atoms with Crippen LogP contribution in [0.4, 0.5) is 10.1 Å². The van der Waals surface area contributed by atoms with Crippen molar-refractivity contribution in [3.63, 3.8) is 0 Å². The molecule has 0 N–H and O–H groups in total. The van der Waals surface area contributed by atoms with Crippen molar-refractivity contribution in [3.8, 4) is 5.75 Å². The van der Waals surface area contributed by atoms with E-state index >= 15 is 0 Å². The van der Waals surface area contributed by atoms with Gasteiger partial charge in [0.2, 0.25) is 0 Å². The average Bonchev–Trinajstić information content (AvgIpc) is 3.02. The molecule has 1 fully saturated rings. The van der Waals surface area contributed by atoms with Crippen LogP contribution in [0, 0.1) is 12.7 Å². The van der Waals surface area contributed by atoms with Gasteiger partial charge in [0.05, 0.1) is 6.61 Å². The lowest BCUT2D eigenvalue weighted by molar-refractivity contribution is -0.145. The third kappa shape index (κ3) is 4.45. The maximum absolute atomic E-state index is 13.3. The van der Waals surface area contributed by atoms with Crippen molar-refractivity contribution in [1.82, 2.24) is 0 Å². The number of carbonyl (C=O) groups is 1. The minimum atomic E-state index is -0.389. The Kier molecular flexibility index (Phi) is 6.06. The smallest absolute Gasteiger partial charge is 0.344 e. The molecule has 3 rings (SSSR count). The molecular weight excluding hydrogens is 365 g/mol. The van der Waals surface area contributed by atoms with Crippen molar-refractivity contribution in [2.24, 2.45) is 0 Å². The van der Waals surface area contributed by atoms with Gasteiger partial charge in [-0.25, -0.2) is 9.18 Å². The predicted octanol–water partition coefficient (Wildman–Crippen LogP) is 4.84. The monoisotopic (exact) mass is 387 g/mol. The van der Waals surface area contributed by atoms with Gasteiger partial charge in [-0.05, 0) is 55.3 Å². The van der Waals surface area contributed by atoms with Gasteiger partial charge < -0.3 is 14.4 Å². The highest BCUT2D eigenvalue weighted by Gasteiger charge is 2.31. The fourth-order valence-electron chi connectivity index (χ4n) is 2.99. The summed E-state index contributed by atoms with van der Waals surface area (Å²) in [5, 5.41) is 0.0445. The van der Waals surface area contributed by atoms with E-state index in [0.717, 1.165) is 28.3 Å². The highest BCUT2D eigenvalue weighted by Crippen LogP contribution is 2.46. The summed E-state index contributed by atoms with van der Waals surface area (Å²) < 4.78 is 23.7. The van der Waals surface area contributed by atoms with E-state index in [9.17, 15) is 9.18 Å². The Labute approximate surface area is 163 Å². The van der Waals surface area contributed by atoms with Crippen molar-refractivity contribution in [3.05, 3.63) is 71.7 Å². The number of anilines is 1. The van der Waals surface area contributed by atoms with Crippen molar-refractivity contribution in [2.75, 3.05) is 23.9 Å². The van der Waals surface area contributed by atoms with E-state index in [1.54, 1.807) is 18.7 Å². The number of nitrogens with zero attached hydrogens (tertiary/aromatic N) is 1. The Morgan fingerprint density at radius 3 is 2.70 bits per heavy atom. The van der Waals surface area contributed by atoms with Gasteiger partial charge in [0.25, 0.3) is 0 Å². The number of ether oxygens (including phenoxy) is 2. The van der Waals surface area contributed by atoms with E-state index in [4.69, 9.17) is 9.47 Å². The van der Waals surface area contributed by atoms with Crippen LogP contribution in [0.5, 0.6) is 5.75 Å². The first kappa shape index (κ1) is 19.3. The third-order valence-corrected chi connectivity index (χ3v) is 5.53. The van der Waals surface area contributed by atoms with Gasteiger partial charge in [-0.3, -0.25) is 0 Å². The van der Waals surface area contributed by atoms with Crippen LogP contribution in [0.3, 0.4) is 0 Å². The fourth-order valence-corrected chi connectivity index (χ4v) is 4.24. The maximum atomic E-state index is 13.3. The molecule has 0 bridgehead atoms. The van der Waals surface area contributed by atoms with E-state index in [1.807, 2.05) is 37.3 Å². The molecule has 0 saturated carbocycles. The molecule has 6 heteroatoms. The molecule has 0 spiro atoms. The number of thioether (sulfide) groups is 1. The van der Waals surface area contributed by atoms with E-state index in [-0.39, 0.29) is 23.8 Å². The summed E-state index contributed by atoms with van der Waals surface area (Å²) in [5.74, 6) is 0.786. The topological polar surface area (TPSA) is 38.8 Å². The molecule has 4 nitrogen and oxygen atoms in total. The van der Waals surface area contributed by atoms with Gasteiger partial charge in [0, 0.05) is 17.1 Å². The average molecular weight is 387 g/mol. The highest BCUT2D eigenvalue weighted by atomic mass is 32.2. The molecule has 1 unspecified atom stereocenters. The molecule has 0 radical (unpaired) electrons. The first-order valence-electron chi connectivity index (χ1n) is 8.72. The first-order chi connectivity index (χ1) is 13.0. The molecule has 1 aliphatic heterocycles. The Morgan fingerprint density at radius 2 is 2.04 bits per heavy atom.